The van der Waals surface area contributed by atoms with Crippen LogP contribution in [0.5, 0.6) is 0 Å². The van der Waals surface area contributed by atoms with Crippen LogP contribution in [-0.2, 0) is 0 Å². The van der Waals surface area contributed by atoms with E-state index in [2.05, 4.69) is 0 Å². The van der Waals surface area contributed by atoms with Gasteiger partial charge in [0.1, 0.15) is 0 Å². The van der Waals surface area contributed by atoms with Gasteiger partial charge >= 0.3 is 0 Å². The van der Waals surface area contributed by atoms with Crippen LogP contribution in [0, 0.1) is 5.92 Å². The quantitative estimate of drug-likeness (QED) is 0.525. The standard InChI is InChI=1S/C9H18O3/c1-7(8(2)11)6-9(12)4-3-5-10/h3-4,7-12H,5-6H2,1-2H3/t7?,8?,9-/m0/s1. The lowest BCUT2D eigenvalue weighted by molar-refractivity contribution is 0.0968. The van der Waals surface area contributed by atoms with Crippen LogP contribution in [0.25, 0.3) is 0 Å². The minimum absolute atomic E-state index is 0.0554. The molecule has 0 saturated carbocycles. The summed E-state index contributed by atoms with van der Waals surface area (Å²) in [7, 11) is 0. The maximum atomic E-state index is 9.29. The van der Waals surface area contributed by atoms with Crippen LogP contribution in [-0.4, -0.2) is 34.1 Å². The highest BCUT2D eigenvalue weighted by Gasteiger charge is 2.11. The van der Waals surface area contributed by atoms with Crippen LogP contribution in [0.3, 0.4) is 0 Å². The molecule has 3 heteroatoms. The predicted octanol–water partition coefficient (Wildman–Crippen LogP) is 0.303. The summed E-state index contributed by atoms with van der Waals surface area (Å²) < 4.78 is 0. The Bertz CT molecular complexity index is 132. The number of aliphatic hydroxyl groups is 3. The molecule has 0 fully saturated rings. The van der Waals surface area contributed by atoms with E-state index in [0.717, 1.165) is 0 Å². The monoisotopic (exact) mass is 174 g/mol. The normalized spacial score (nSPS) is 19.4. The van der Waals surface area contributed by atoms with Crippen LogP contribution in [0.15, 0.2) is 12.2 Å². The van der Waals surface area contributed by atoms with Crippen molar-refractivity contribution in [1.29, 1.82) is 0 Å². The Balaban J connectivity index is 3.68. The number of aliphatic hydroxyl groups excluding tert-OH is 3. The molecule has 0 aliphatic rings. The molecular formula is C9H18O3. The molecule has 2 unspecified atom stereocenters. The molecule has 0 aromatic carbocycles. The maximum absolute atomic E-state index is 9.29. The van der Waals surface area contributed by atoms with E-state index in [0.29, 0.717) is 6.42 Å². The van der Waals surface area contributed by atoms with E-state index >= 15 is 0 Å². The van der Waals surface area contributed by atoms with Crippen molar-refractivity contribution in [1.82, 2.24) is 0 Å². The molecule has 0 aliphatic carbocycles. The molecule has 0 heterocycles. The first-order chi connectivity index (χ1) is 5.57. The van der Waals surface area contributed by atoms with Crippen LogP contribution in [0.1, 0.15) is 20.3 Å². The lowest BCUT2D eigenvalue weighted by Crippen LogP contribution is -2.18. The van der Waals surface area contributed by atoms with Gasteiger partial charge in [-0.25, -0.2) is 0 Å². The van der Waals surface area contributed by atoms with E-state index < -0.39 is 12.2 Å². The van der Waals surface area contributed by atoms with Gasteiger partial charge < -0.3 is 15.3 Å². The summed E-state index contributed by atoms with van der Waals surface area (Å²) in [4.78, 5) is 0. The Hall–Kier alpha value is -0.380. The molecule has 3 N–H and O–H groups in total. The van der Waals surface area contributed by atoms with E-state index in [1.165, 1.54) is 6.08 Å². The highest BCUT2D eigenvalue weighted by atomic mass is 16.3. The van der Waals surface area contributed by atoms with Gasteiger partial charge in [-0.05, 0) is 19.3 Å². The molecule has 0 spiro atoms. The molecule has 0 aromatic heterocycles. The summed E-state index contributed by atoms with van der Waals surface area (Å²) >= 11 is 0. The van der Waals surface area contributed by atoms with Gasteiger partial charge in [0.15, 0.2) is 0 Å². The molecule has 12 heavy (non-hydrogen) atoms. The van der Waals surface area contributed by atoms with E-state index in [9.17, 15) is 5.11 Å². The first-order valence-corrected chi connectivity index (χ1v) is 4.21. The van der Waals surface area contributed by atoms with Crippen molar-refractivity contribution in [3.8, 4) is 0 Å². The van der Waals surface area contributed by atoms with Crippen molar-refractivity contribution in [2.75, 3.05) is 6.61 Å². The average molecular weight is 174 g/mol. The molecule has 0 radical (unpaired) electrons. The van der Waals surface area contributed by atoms with Gasteiger partial charge in [0.2, 0.25) is 0 Å². The van der Waals surface area contributed by atoms with E-state index in [1.54, 1.807) is 13.0 Å². The van der Waals surface area contributed by atoms with Gasteiger partial charge in [0, 0.05) is 0 Å². The number of hydrogen-bond donors (Lipinski definition) is 3. The van der Waals surface area contributed by atoms with E-state index in [1.807, 2.05) is 6.92 Å². The zero-order chi connectivity index (χ0) is 9.56. The Morgan fingerprint density at radius 3 is 2.25 bits per heavy atom. The van der Waals surface area contributed by atoms with Crippen LogP contribution >= 0.6 is 0 Å². The minimum Gasteiger partial charge on any atom is -0.393 e. The molecule has 3 atom stereocenters. The third kappa shape index (κ3) is 5.29. The first kappa shape index (κ1) is 11.6. The first-order valence-electron chi connectivity index (χ1n) is 4.21. The van der Waals surface area contributed by atoms with Gasteiger partial charge in [0.05, 0.1) is 18.8 Å². The molecule has 0 rings (SSSR count). The Labute approximate surface area is 73.4 Å². The van der Waals surface area contributed by atoms with Gasteiger partial charge in [-0.2, -0.15) is 0 Å². The molecular weight excluding hydrogens is 156 g/mol. The zero-order valence-electron chi connectivity index (χ0n) is 7.64. The summed E-state index contributed by atoms with van der Waals surface area (Å²) in [6.45, 7) is 3.52. The molecule has 0 bridgehead atoms. The highest BCUT2D eigenvalue weighted by Crippen LogP contribution is 2.11. The second-order valence-electron chi connectivity index (χ2n) is 3.13. The Morgan fingerprint density at radius 2 is 1.83 bits per heavy atom. The van der Waals surface area contributed by atoms with Gasteiger partial charge in [0.25, 0.3) is 0 Å². The van der Waals surface area contributed by atoms with Crippen molar-refractivity contribution in [2.24, 2.45) is 5.92 Å². The summed E-state index contributed by atoms with van der Waals surface area (Å²) in [5, 5.41) is 26.8. The fourth-order valence-corrected chi connectivity index (χ4v) is 0.874. The van der Waals surface area contributed by atoms with Crippen molar-refractivity contribution in [3.63, 3.8) is 0 Å². The molecule has 0 aliphatic heterocycles. The smallest absolute Gasteiger partial charge is 0.0725 e. The van der Waals surface area contributed by atoms with E-state index in [-0.39, 0.29) is 12.5 Å². The van der Waals surface area contributed by atoms with Crippen LogP contribution < -0.4 is 0 Å². The molecule has 0 saturated heterocycles. The van der Waals surface area contributed by atoms with Crippen LogP contribution in [0.2, 0.25) is 0 Å². The average Bonchev–Trinajstić information content (AvgIpc) is 2.00. The molecule has 0 amide bonds. The van der Waals surface area contributed by atoms with Crippen molar-refractivity contribution >= 4 is 0 Å². The molecule has 72 valence electrons. The maximum Gasteiger partial charge on any atom is 0.0725 e. The minimum atomic E-state index is -0.568. The van der Waals surface area contributed by atoms with Gasteiger partial charge in [-0.1, -0.05) is 19.1 Å². The SMILES string of the molecule is CC(O)C(C)C[C@@H](O)C=CCO. The Kier molecular flexibility index (Phi) is 5.98. The largest absolute Gasteiger partial charge is 0.393 e. The van der Waals surface area contributed by atoms with Crippen LogP contribution in [0.4, 0.5) is 0 Å². The van der Waals surface area contributed by atoms with Crippen molar-refractivity contribution < 1.29 is 15.3 Å². The van der Waals surface area contributed by atoms with Crippen molar-refractivity contribution in [3.05, 3.63) is 12.2 Å². The number of hydrogen-bond acceptors (Lipinski definition) is 3. The lowest BCUT2D eigenvalue weighted by atomic mass is 9.98. The lowest BCUT2D eigenvalue weighted by Gasteiger charge is -2.16. The summed E-state index contributed by atoms with van der Waals surface area (Å²) in [6, 6.07) is 0. The summed E-state index contributed by atoms with van der Waals surface area (Å²) in [6.07, 6.45) is 2.59. The highest BCUT2D eigenvalue weighted by molar-refractivity contribution is 4.89. The second-order valence-corrected chi connectivity index (χ2v) is 3.13. The molecule has 3 nitrogen and oxygen atoms in total. The van der Waals surface area contributed by atoms with Crippen molar-refractivity contribution in [2.45, 2.75) is 32.5 Å². The fraction of sp³-hybridized carbons (Fsp3) is 0.778. The van der Waals surface area contributed by atoms with E-state index in [4.69, 9.17) is 10.2 Å². The zero-order valence-corrected chi connectivity index (χ0v) is 7.64. The van der Waals surface area contributed by atoms with Gasteiger partial charge in [-0.3, -0.25) is 0 Å². The number of rotatable bonds is 5. The topological polar surface area (TPSA) is 60.7 Å². The predicted molar refractivity (Wildman–Crippen MR) is 47.7 cm³/mol. The third-order valence-electron chi connectivity index (χ3n) is 1.90. The third-order valence-corrected chi connectivity index (χ3v) is 1.90. The summed E-state index contributed by atoms with van der Waals surface area (Å²) in [5.74, 6) is 0.0725. The summed E-state index contributed by atoms with van der Waals surface area (Å²) in [5.41, 5.74) is 0. The second kappa shape index (κ2) is 6.17. The molecule has 0 aromatic rings. The Morgan fingerprint density at radius 1 is 1.25 bits per heavy atom. The fourth-order valence-electron chi connectivity index (χ4n) is 0.874. The van der Waals surface area contributed by atoms with Gasteiger partial charge in [-0.15, -0.1) is 0 Å².